The van der Waals surface area contributed by atoms with E-state index < -0.39 is 0 Å². The summed E-state index contributed by atoms with van der Waals surface area (Å²) < 4.78 is 13.3. The Bertz CT molecular complexity index is 629. The van der Waals surface area contributed by atoms with Crippen LogP contribution in [0.4, 0.5) is 15.9 Å². The van der Waals surface area contributed by atoms with E-state index in [9.17, 15) is 4.39 Å². The molecular formula is C15H17ClFN3. The molecule has 2 rings (SSSR count). The van der Waals surface area contributed by atoms with Crippen LogP contribution < -0.4 is 5.32 Å². The summed E-state index contributed by atoms with van der Waals surface area (Å²) in [7, 11) is 0. The first kappa shape index (κ1) is 14.7. The summed E-state index contributed by atoms with van der Waals surface area (Å²) in [5.41, 5.74) is 2.39. The van der Waals surface area contributed by atoms with Crippen LogP contribution in [0.3, 0.4) is 0 Å². The van der Waals surface area contributed by atoms with Crippen LogP contribution in [0, 0.1) is 19.7 Å². The minimum absolute atomic E-state index is 0.287. The summed E-state index contributed by atoms with van der Waals surface area (Å²) in [6.45, 7) is 5.81. The molecule has 106 valence electrons. The third-order valence-electron chi connectivity index (χ3n) is 3.06. The molecule has 5 heteroatoms. The summed E-state index contributed by atoms with van der Waals surface area (Å²) in [5, 5.41) is 3.58. The van der Waals surface area contributed by atoms with Crippen molar-refractivity contribution in [2.24, 2.45) is 0 Å². The number of aromatic nitrogens is 2. The number of aryl methyl sites for hydroxylation is 2. The number of nitrogens with zero attached hydrogens (tertiary/aromatic N) is 2. The Labute approximate surface area is 123 Å². The van der Waals surface area contributed by atoms with Crippen LogP contribution in [-0.4, -0.2) is 9.97 Å². The van der Waals surface area contributed by atoms with Crippen LogP contribution in [0.5, 0.6) is 0 Å². The van der Waals surface area contributed by atoms with Gasteiger partial charge in [-0.2, -0.15) is 0 Å². The van der Waals surface area contributed by atoms with Gasteiger partial charge in [0.15, 0.2) is 0 Å². The topological polar surface area (TPSA) is 37.8 Å². The van der Waals surface area contributed by atoms with Crippen LogP contribution >= 0.6 is 11.6 Å². The molecule has 1 aromatic heterocycles. The molecule has 0 bridgehead atoms. The molecule has 0 fully saturated rings. The highest BCUT2D eigenvalue weighted by Gasteiger charge is 2.10. The Morgan fingerprint density at radius 1 is 1.25 bits per heavy atom. The molecule has 0 saturated carbocycles. The zero-order chi connectivity index (χ0) is 14.7. The molecule has 0 saturated heterocycles. The lowest BCUT2D eigenvalue weighted by molar-refractivity contribution is 0.628. The average Bonchev–Trinajstić information content (AvgIpc) is 2.40. The minimum atomic E-state index is -0.287. The molecule has 0 radical (unpaired) electrons. The molecule has 0 aliphatic carbocycles. The van der Waals surface area contributed by atoms with E-state index in [-0.39, 0.29) is 5.82 Å². The van der Waals surface area contributed by atoms with Crippen LogP contribution in [0.2, 0.25) is 5.15 Å². The Morgan fingerprint density at radius 2 is 2.00 bits per heavy atom. The Balaban J connectivity index is 2.39. The molecule has 0 spiro atoms. The number of hydrogen-bond donors (Lipinski definition) is 1. The molecule has 0 unspecified atom stereocenters. The van der Waals surface area contributed by atoms with Gasteiger partial charge in [0.2, 0.25) is 0 Å². The lowest BCUT2D eigenvalue weighted by atomic mass is 10.2. The van der Waals surface area contributed by atoms with Crippen molar-refractivity contribution in [3.8, 4) is 0 Å². The van der Waals surface area contributed by atoms with E-state index in [1.165, 1.54) is 12.1 Å². The van der Waals surface area contributed by atoms with E-state index in [1.807, 2.05) is 13.8 Å². The van der Waals surface area contributed by atoms with Crippen molar-refractivity contribution in [1.29, 1.82) is 0 Å². The zero-order valence-electron chi connectivity index (χ0n) is 11.8. The molecule has 1 aromatic carbocycles. The number of halogens is 2. The molecule has 0 amide bonds. The van der Waals surface area contributed by atoms with E-state index in [4.69, 9.17) is 11.6 Å². The molecule has 0 aliphatic heterocycles. The molecule has 3 nitrogen and oxygen atoms in total. The second-order valence-corrected chi connectivity index (χ2v) is 5.10. The Kier molecular flexibility index (Phi) is 4.55. The third kappa shape index (κ3) is 3.25. The van der Waals surface area contributed by atoms with Crippen molar-refractivity contribution in [1.82, 2.24) is 9.97 Å². The van der Waals surface area contributed by atoms with Gasteiger partial charge < -0.3 is 5.32 Å². The molecule has 0 atom stereocenters. The second kappa shape index (κ2) is 6.18. The van der Waals surface area contributed by atoms with E-state index in [0.717, 1.165) is 24.0 Å². The van der Waals surface area contributed by atoms with Crippen LogP contribution in [0.25, 0.3) is 0 Å². The number of benzene rings is 1. The van der Waals surface area contributed by atoms with Crippen LogP contribution in [-0.2, 0) is 6.42 Å². The van der Waals surface area contributed by atoms with Crippen LogP contribution in [0.1, 0.15) is 30.3 Å². The van der Waals surface area contributed by atoms with Gasteiger partial charge in [-0.05, 0) is 38.0 Å². The normalized spacial score (nSPS) is 10.7. The first-order chi connectivity index (χ1) is 9.51. The van der Waals surface area contributed by atoms with Gasteiger partial charge in [-0.25, -0.2) is 14.4 Å². The van der Waals surface area contributed by atoms with Gasteiger partial charge in [-0.3, -0.25) is 0 Å². The maximum absolute atomic E-state index is 13.3. The second-order valence-electron chi connectivity index (χ2n) is 4.74. The fourth-order valence-corrected chi connectivity index (χ4v) is 2.03. The highest BCUT2D eigenvalue weighted by Crippen LogP contribution is 2.26. The highest BCUT2D eigenvalue weighted by molar-refractivity contribution is 6.30. The van der Waals surface area contributed by atoms with Gasteiger partial charge in [0.05, 0.1) is 0 Å². The molecule has 0 aliphatic rings. The van der Waals surface area contributed by atoms with Gasteiger partial charge in [-0.15, -0.1) is 0 Å². The first-order valence-corrected chi connectivity index (χ1v) is 6.95. The van der Waals surface area contributed by atoms with Gasteiger partial charge >= 0.3 is 0 Å². The van der Waals surface area contributed by atoms with Gasteiger partial charge in [0.1, 0.15) is 22.6 Å². The third-order valence-corrected chi connectivity index (χ3v) is 3.43. The van der Waals surface area contributed by atoms with Crippen LogP contribution in [0.15, 0.2) is 18.2 Å². The number of nitrogens with one attached hydrogen (secondary N) is 1. The van der Waals surface area contributed by atoms with Gasteiger partial charge in [0.25, 0.3) is 0 Å². The summed E-state index contributed by atoms with van der Waals surface area (Å²) in [6.07, 6.45) is 1.70. The lowest BCUT2D eigenvalue weighted by Crippen LogP contribution is -2.04. The molecule has 1 heterocycles. The molecular weight excluding hydrogens is 277 g/mol. The molecule has 1 N–H and O–H groups in total. The Morgan fingerprint density at radius 3 is 2.70 bits per heavy atom. The van der Waals surface area contributed by atoms with Gasteiger partial charge in [0, 0.05) is 17.7 Å². The summed E-state index contributed by atoms with van der Waals surface area (Å²) in [4.78, 5) is 8.70. The van der Waals surface area contributed by atoms with Crippen molar-refractivity contribution in [3.63, 3.8) is 0 Å². The summed E-state index contributed by atoms with van der Waals surface area (Å²) in [5.74, 6) is 1.03. The molecule has 20 heavy (non-hydrogen) atoms. The fourth-order valence-electron chi connectivity index (χ4n) is 1.85. The predicted octanol–water partition coefficient (Wildman–Crippen LogP) is 4.58. The van der Waals surface area contributed by atoms with Crippen molar-refractivity contribution in [2.75, 3.05) is 5.32 Å². The standard InChI is InChI=1S/C15H17ClFN3/c1-4-5-13-19-14(16)10(3)15(20-13)18-12-8-11(17)7-6-9(12)2/h6-8H,4-5H2,1-3H3,(H,18,19,20). The SMILES string of the molecule is CCCc1nc(Cl)c(C)c(Nc2cc(F)ccc2C)n1. The lowest BCUT2D eigenvalue weighted by Gasteiger charge is -2.13. The minimum Gasteiger partial charge on any atom is -0.340 e. The molecule has 2 aromatic rings. The van der Waals surface area contributed by atoms with Gasteiger partial charge in [-0.1, -0.05) is 24.6 Å². The number of anilines is 2. The van der Waals surface area contributed by atoms with Crippen molar-refractivity contribution >= 4 is 23.1 Å². The quantitative estimate of drug-likeness (QED) is 0.838. The van der Waals surface area contributed by atoms with E-state index in [2.05, 4.69) is 22.2 Å². The zero-order valence-corrected chi connectivity index (χ0v) is 12.6. The smallest absolute Gasteiger partial charge is 0.138 e. The fraction of sp³-hybridized carbons (Fsp3) is 0.333. The number of rotatable bonds is 4. The highest BCUT2D eigenvalue weighted by atomic mass is 35.5. The van der Waals surface area contributed by atoms with Crippen molar-refractivity contribution in [3.05, 3.63) is 46.1 Å². The first-order valence-electron chi connectivity index (χ1n) is 6.57. The summed E-state index contributed by atoms with van der Waals surface area (Å²) >= 11 is 6.13. The van der Waals surface area contributed by atoms with E-state index in [0.29, 0.717) is 22.5 Å². The largest absolute Gasteiger partial charge is 0.340 e. The monoisotopic (exact) mass is 293 g/mol. The van der Waals surface area contributed by atoms with E-state index >= 15 is 0 Å². The maximum atomic E-state index is 13.3. The van der Waals surface area contributed by atoms with E-state index in [1.54, 1.807) is 6.07 Å². The predicted molar refractivity (Wildman–Crippen MR) is 80.2 cm³/mol. The number of hydrogen-bond acceptors (Lipinski definition) is 3. The van der Waals surface area contributed by atoms with Crippen molar-refractivity contribution < 1.29 is 4.39 Å². The Hall–Kier alpha value is -1.68. The summed E-state index contributed by atoms with van der Waals surface area (Å²) in [6, 6.07) is 4.61. The van der Waals surface area contributed by atoms with Crippen molar-refractivity contribution in [2.45, 2.75) is 33.6 Å². The average molecular weight is 294 g/mol. The maximum Gasteiger partial charge on any atom is 0.138 e.